The highest BCUT2D eigenvalue weighted by molar-refractivity contribution is 5.48. The topological polar surface area (TPSA) is 38.7 Å². The fourth-order valence-corrected chi connectivity index (χ4v) is 1.58. The summed E-state index contributed by atoms with van der Waals surface area (Å²) < 4.78 is 11.0. The van der Waals surface area contributed by atoms with Crippen LogP contribution in [0.3, 0.4) is 0 Å². The molecule has 0 radical (unpaired) electrons. The van der Waals surface area contributed by atoms with Crippen molar-refractivity contribution in [2.75, 3.05) is 19.8 Å². The molecule has 1 N–H and O–H groups in total. The Kier molecular flexibility index (Phi) is 2.59. The molecule has 0 aliphatic carbocycles. The Bertz CT molecular complexity index is 322. The second-order valence-corrected chi connectivity index (χ2v) is 3.46. The first-order valence-corrected chi connectivity index (χ1v) is 4.82. The van der Waals surface area contributed by atoms with E-state index in [9.17, 15) is 0 Å². The van der Waals surface area contributed by atoms with Gasteiger partial charge >= 0.3 is 0 Å². The molecule has 0 aromatic heterocycles. The van der Waals surface area contributed by atoms with Gasteiger partial charge < -0.3 is 14.6 Å². The molecule has 1 aliphatic heterocycles. The first kappa shape index (κ1) is 9.34. The normalized spacial score (nSPS) is 16.4. The molecule has 1 aromatic rings. The maximum Gasteiger partial charge on any atom is 0.164 e. The quantitative estimate of drug-likeness (QED) is 0.776. The van der Waals surface area contributed by atoms with E-state index in [1.165, 1.54) is 0 Å². The lowest BCUT2D eigenvalue weighted by molar-refractivity contribution is 0.167. The molecule has 2 rings (SSSR count). The van der Waals surface area contributed by atoms with Crippen LogP contribution in [0.2, 0.25) is 0 Å². The summed E-state index contributed by atoms with van der Waals surface area (Å²) in [5.74, 6) is 1.67. The number of benzene rings is 1. The molecule has 3 heteroatoms. The Hall–Kier alpha value is -1.22. The third-order valence-corrected chi connectivity index (χ3v) is 2.40. The molecule has 1 aliphatic rings. The molecule has 0 fully saturated rings. The molecule has 1 aromatic carbocycles. The van der Waals surface area contributed by atoms with E-state index in [0.717, 1.165) is 17.1 Å². The van der Waals surface area contributed by atoms with Crippen LogP contribution >= 0.6 is 0 Å². The second kappa shape index (κ2) is 3.88. The number of aliphatic hydroxyl groups excluding tert-OH is 1. The van der Waals surface area contributed by atoms with Gasteiger partial charge in [-0.1, -0.05) is 19.1 Å². The van der Waals surface area contributed by atoms with Gasteiger partial charge in [-0.05, 0) is 6.07 Å². The molecule has 14 heavy (non-hydrogen) atoms. The van der Waals surface area contributed by atoms with Crippen LogP contribution in [0.4, 0.5) is 0 Å². The van der Waals surface area contributed by atoms with Crippen LogP contribution in [0, 0.1) is 0 Å². The molecule has 3 nitrogen and oxygen atoms in total. The minimum atomic E-state index is 0.0895. The number of aliphatic hydroxyl groups is 1. The van der Waals surface area contributed by atoms with E-state index in [4.69, 9.17) is 14.6 Å². The first-order chi connectivity index (χ1) is 6.83. The van der Waals surface area contributed by atoms with Crippen LogP contribution in [0.1, 0.15) is 18.4 Å². The van der Waals surface area contributed by atoms with Gasteiger partial charge in [-0.3, -0.25) is 0 Å². The van der Waals surface area contributed by atoms with Gasteiger partial charge in [0.05, 0.1) is 0 Å². The van der Waals surface area contributed by atoms with Gasteiger partial charge in [0.1, 0.15) is 13.2 Å². The highest BCUT2D eigenvalue weighted by atomic mass is 16.6. The molecular formula is C11H14O3. The number of rotatable bonds is 2. The Morgan fingerprint density at radius 3 is 2.93 bits per heavy atom. The van der Waals surface area contributed by atoms with Gasteiger partial charge in [-0.25, -0.2) is 0 Å². The Labute approximate surface area is 83.3 Å². The largest absolute Gasteiger partial charge is 0.486 e. The lowest BCUT2D eigenvalue weighted by atomic mass is 10.0. The molecule has 0 spiro atoms. The third-order valence-electron chi connectivity index (χ3n) is 2.40. The van der Waals surface area contributed by atoms with E-state index in [2.05, 4.69) is 0 Å². The van der Waals surface area contributed by atoms with Crippen molar-refractivity contribution in [2.24, 2.45) is 0 Å². The predicted octanol–water partition coefficient (Wildman–Crippen LogP) is 1.55. The van der Waals surface area contributed by atoms with Crippen LogP contribution in [0.15, 0.2) is 18.2 Å². The predicted molar refractivity (Wildman–Crippen MR) is 52.9 cm³/mol. The van der Waals surface area contributed by atoms with Crippen molar-refractivity contribution >= 4 is 0 Å². The number of para-hydroxylation sites is 1. The molecular weight excluding hydrogens is 180 g/mol. The van der Waals surface area contributed by atoms with Gasteiger partial charge in [0.15, 0.2) is 11.5 Å². The maximum atomic E-state index is 9.09. The zero-order valence-corrected chi connectivity index (χ0v) is 8.19. The summed E-state index contributed by atoms with van der Waals surface area (Å²) in [5, 5.41) is 9.09. The fourth-order valence-electron chi connectivity index (χ4n) is 1.58. The summed E-state index contributed by atoms with van der Waals surface area (Å²) in [7, 11) is 0. The van der Waals surface area contributed by atoms with Gasteiger partial charge in [0.25, 0.3) is 0 Å². The summed E-state index contributed by atoms with van der Waals surface area (Å²) in [6.07, 6.45) is 0. The van der Waals surface area contributed by atoms with Crippen LogP contribution in [0.5, 0.6) is 11.5 Å². The average Bonchev–Trinajstić information content (AvgIpc) is 2.27. The second-order valence-electron chi connectivity index (χ2n) is 3.46. The molecule has 1 atom stereocenters. The van der Waals surface area contributed by atoms with Crippen molar-refractivity contribution in [3.8, 4) is 11.5 Å². The number of fused-ring (bicyclic) bond motifs is 1. The van der Waals surface area contributed by atoms with Crippen LogP contribution in [-0.4, -0.2) is 24.9 Å². The number of hydrogen-bond donors (Lipinski definition) is 1. The average molecular weight is 194 g/mol. The lowest BCUT2D eigenvalue weighted by Crippen LogP contribution is -2.17. The van der Waals surface area contributed by atoms with Crippen molar-refractivity contribution in [3.63, 3.8) is 0 Å². The maximum absolute atomic E-state index is 9.09. The van der Waals surface area contributed by atoms with E-state index >= 15 is 0 Å². The Morgan fingerprint density at radius 2 is 2.14 bits per heavy atom. The van der Waals surface area contributed by atoms with Gasteiger partial charge in [0.2, 0.25) is 0 Å². The molecule has 0 unspecified atom stereocenters. The molecule has 0 bridgehead atoms. The minimum absolute atomic E-state index is 0.0895. The van der Waals surface area contributed by atoms with Crippen molar-refractivity contribution < 1.29 is 14.6 Å². The highest BCUT2D eigenvalue weighted by Crippen LogP contribution is 2.37. The minimum Gasteiger partial charge on any atom is -0.486 e. The van der Waals surface area contributed by atoms with Crippen molar-refractivity contribution in [2.45, 2.75) is 12.8 Å². The van der Waals surface area contributed by atoms with Crippen molar-refractivity contribution in [1.29, 1.82) is 0 Å². The van der Waals surface area contributed by atoms with E-state index < -0.39 is 0 Å². The van der Waals surface area contributed by atoms with E-state index in [1.807, 2.05) is 25.1 Å². The first-order valence-electron chi connectivity index (χ1n) is 4.82. The molecule has 0 saturated heterocycles. The van der Waals surface area contributed by atoms with E-state index in [-0.39, 0.29) is 12.5 Å². The van der Waals surface area contributed by atoms with Crippen molar-refractivity contribution in [1.82, 2.24) is 0 Å². The van der Waals surface area contributed by atoms with Gasteiger partial charge in [-0.2, -0.15) is 0 Å². The highest BCUT2D eigenvalue weighted by Gasteiger charge is 2.18. The van der Waals surface area contributed by atoms with E-state index in [1.54, 1.807) is 0 Å². The van der Waals surface area contributed by atoms with Crippen LogP contribution in [0.25, 0.3) is 0 Å². The lowest BCUT2D eigenvalue weighted by Gasteiger charge is -2.22. The monoisotopic (exact) mass is 194 g/mol. The standard InChI is InChI=1S/C11H14O3/c1-8(7-12)9-3-2-4-10-11(9)14-6-5-13-10/h2-4,8,12H,5-7H2,1H3/t8-/m1/s1. The summed E-state index contributed by atoms with van der Waals surface area (Å²) >= 11 is 0. The van der Waals surface area contributed by atoms with Crippen molar-refractivity contribution in [3.05, 3.63) is 23.8 Å². The van der Waals surface area contributed by atoms with Gasteiger partial charge in [-0.15, -0.1) is 0 Å². The third kappa shape index (κ3) is 1.55. The van der Waals surface area contributed by atoms with Crippen LogP contribution in [-0.2, 0) is 0 Å². The summed E-state index contributed by atoms with van der Waals surface area (Å²) in [6.45, 7) is 3.28. The zero-order chi connectivity index (χ0) is 9.97. The smallest absolute Gasteiger partial charge is 0.164 e. The van der Waals surface area contributed by atoms with Gasteiger partial charge in [0, 0.05) is 18.1 Å². The number of ether oxygens (including phenoxy) is 2. The summed E-state index contributed by atoms with van der Waals surface area (Å²) in [6, 6.07) is 5.78. The summed E-state index contributed by atoms with van der Waals surface area (Å²) in [4.78, 5) is 0. The molecule has 1 heterocycles. The zero-order valence-electron chi connectivity index (χ0n) is 8.19. The summed E-state index contributed by atoms with van der Waals surface area (Å²) in [5.41, 5.74) is 1.02. The Morgan fingerprint density at radius 1 is 1.36 bits per heavy atom. The number of hydrogen-bond acceptors (Lipinski definition) is 3. The SMILES string of the molecule is C[C@H](CO)c1cccc2c1OCCO2. The molecule has 76 valence electrons. The Balaban J connectivity index is 2.39. The molecule has 0 saturated carbocycles. The fraction of sp³-hybridized carbons (Fsp3) is 0.455. The molecule has 0 amide bonds. The van der Waals surface area contributed by atoms with E-state index in [0.29, 0.717) is 13.2 Å². The van der Waals surface area contributed by atoms with Crippen LogP contribution < -0.4 is 9.47 Å².